The van der Waals surface area contributed by atoms with E-state index in [4.69, 9.17) is 0 Å². The first-order valence-electron chi connectivity index (χ1n) is 8.33. The molecule has 4 rings (SSSR count). The molecule has 5 nitrogen and oxygen atoms in total. The van der Waals surface area contributed by atoms with E-state index in [2.05, 4.69) is 5.32 Å². The summed E-state index contributed by atoms with van der Waals surface area (Å²) in [6.07, 6.45) is 2.16. The standard InChI is InChI=1S/C17H19F2N3O2/c18-11-4-3-10(13(19)6-11)8-20-12-7-15-17(24)21-5-1-2-14(21)16(23)22(15)9-12/h3-4,6,12,14-15,20H,1-2,5,7-9H2/t12-,14-,15-/m0/s1. The molecule has 3 aliphatic heterocycles. The quantitative estimate of drug-likeness (QED) is 0.898. The van der Waals surface area contributed by atoms with Gasteiger partial charge in [0.2, 0.25) is 11.8 Å². The lowest BCUT2D eigenvalue weighted by molar-refractivity contribution is -0.156. The van der Waals surface area contributed by atoms with Crippen molar-refractivity contribution < 1.29 is 18.4 Å². The number of hydrogen-bond donors (Lipinski definition) is 1. The number of piperazine rings is 1. The third kappa shape index (κ3) is 2.47. The van der Waals surface area contributed by atoms with Gasteiger partial charge < -0.3 is 15.1 Å². The maximum Gasteiger partial charge on any atom is 0.246 e. The van der Waals surface area contributed by atoms with Crippen molar-refractivity contribution in [3.8, 4) is 0 Å². The van der Waals surface area contributed by atoms with Gasteiger partial charge in [-0.3, -0.25) is 9.59 Å². The molecule has 0 spiro atoms. The topological polar surface area (TPSA) is 52.7 Å². The van der Waals surface area contributed by atoms with Crippen molar-refractivity contribution in [2.45, 2.75) is 43.9 Å². The number of nitrogens with one attached hydrogen (secondary N) is 1. The number of carbonyl (C=O) groups is 2. The molecule has 3 atom stereocenters. The van der Waals surface area contributed by atoms with Crippen LogP contribution in [0.2, 0.25) is 0 Å². The number of carbonyl (C=O) groups excluding carboxylic acids is 2. The number of halogens is 2. The molecule has 0 aliphatic carbocycles. The average Bonchev–Trinajstić information content (AvgIpc) is 3.19. The summed E-state index contributed by atoms with van der Waals surface area (Å²) in [7, 11) is 0. The summed E-state index contributed by atoms with van der Waals surface area (Å²) in [6.45, 7) is 1.37. The number of rotatable bonds is 3. The molecule has 3 aliphatic rings. The van der Waals surface area contributed by atoms with Crippen molar-refractivity contribution in [2.75, 3.05) is 13.1 Å². The fraction of sp³-hybridized carbons (Fsp3) is 0.529. The lowest BCUT2D eigenvalue weighted by Crippen LogP contribution is -2.60. The molecular formula is C17H19F2N3O2. The first kappa shape index (κ1) is 15.5. The van der Waals surface area contributed by atoms with E-state index in [0.717, 1.165) is 18.9 Å². The maximum atomic E-state index is 13.7. The zero-order chi connectivity index (χ0) is 16.8. The van der Waals surface area contributed by atoms with Gasteiger partial charge in [0.1, 0.15) is 23.7 Å². The van der Waals surface area contributed by atoms with Crippen molar-refractivity contribution in [3.63, 3.8) is 0 Å². The van der Waals surface area contributed by atoms with Crippen molar-refractivity contribution in [2.24, 2.45) is 0 Å². The summed E-state index contributed by atoms with van der Waals surface area (Å²) < 4.78 is 26.6. The fourth-order valence-corrected chi connectivity index (χ4v) is 4.05. The van der Waals surface area contributed by atoms with E-state index >= 15 is 0 Å². The molecule has 1 N–H and O–H groups in total. The Balaban J connectivity index is 1.43. The SMILES string of the molecule is O=C1[C@@H]2C[C@H](NCc3ccc(F)cc3F)CN2C(=O)[C@@H]2CCCN12. The number of nitrogens with zero attached hydrogens (tertiary/aromatic N) is 2. The molecule has 0 radical (unpaired) electrons. The molecule has 3 heterocycles. The third-order valence-electron chi connectivity index (χ3n) is 5.29. The highest BCUT2D eigenvalue weighted by atomic mass is 19.1. The summed E-state index contributed by atoms with van der Waals surface area (Å²) in [5, 5.41) is 3.19. The van der Waals surface area contributed by atoms with E-state index in [9.17, 15) is 18.4 Å². The van der Waals surface area contributed by atoms with E-state index in [0.29, 0.717) is 25.1 Å². The van der Waals surface area contributed by atoms with Gasteiger partial charge in [0.25, 0.3) is 0 Å². The molecule has 0 aromatic heterocycles. The van der Waals surface area contributed by atoms with Gasteiger partial charge in [-0.15, -0.1) is 0 Å². The van der Waals surface area contributed by atoms with Crippen LogP contribution in [0.1, 0.15) is 24.8 Å². The van der Waals surface area contributed by atoms with Crippen LogP contribution in [-0.4, -0.2) is 52.8 Å². The lowest BCUT2D eigenvalue weighted by atomic mass is 10.1. The molecule has 3 fully saturated rings. The summed E-state index contributed by atoms with van der Waals surface area (Å²) in [5.41, 5.74) is 0.375. The second-order valence-electron chi connectivity index (χ2n) is 6.75. The molecule has 3 saturated heterocycles. The Labute approximate surface area is 138 Å². The van der Waals surface area contributed by atoms with Gasteiger partial charge in [-0.25, -0.2) is 8.78 Å². The Morgan fingerprint density at radius 2 is 1.92 bits per heavy atom. The number of hydrogen-bond acceptors (Lipinski definition) is 3. The summed E-state index contributed by atoms with van der Waals surface area (Å²) in [4.78, 5) is 28.5. The summed E-state index contributed by atoms with van der Waals surface area (Å²) in [5.74, 6) is -1.12. The Morgan fingerprint density at radius 3 is 2.71 bits per heavy atom. The van der Waals surface area contributed by atoms with E-state index in [1.807, 2.05) is 0 Å². The van der Waals surface area contributed by atoms with Crippen molar-refractivity contribution >= 4 is 11.8 Å². The largest absolute Gasteiger partial charge is 0.329 e. The first-order chi connectivity index (χ1) is 11.5. The predicted molar refractivity (Wildman–Crippen MR) is 81.8 cm³/mol. The second-order valence-corrected chi connectivity index (χ2v) is 6.75. The smallest absolute Gasteiger partial charge is 0.246 e. The van der Waals surface area contributed by atoms with E-state index in [1.165, 1.54) is 12.1 Å². The Bertz CT molecular complexity index is 666. The van der Waals surface area contributed by atoms with Crippen LogP contribution in [0.3, 0.4) is 0 Å². The van der Waals surface area contributed by atoms with Crippen molar-refractivity contribution in [1.82, 2.24) is 15.1 Å². The minimum Gasteiger partial charge on any atom is -0.329 e. The van der Waals surface area contributed by atoms with Gasteiger partial charge in [0, 0.05) is 37.3 Å². The van der Waals surface area contributed by atoms with Crippen molar-refractivity contribution in [3.05, 3.63) is 35.4 Å². The molecule has 0 saturated carbocycles. The van der Waals surface area contributed by atoms with E-state index in [-0.39, 0.29) is 30.4 Å². The monoisotopic (exact) mass is 335 g/mol. The summed E-state index contributed by atoms with van der Waals surface area (Å²) >= 11 is 0. The van der Waals surface area contributed by atoms with E-state index < -0.39 is 17.7 Å². The Kier molecular flexibility index (Phi) is 3.75. The molecule has 7 heteroatoms. The molecule has 128 valence electrons. The van der Waals surface area contributed by atoms with Crippen LogP contribution in [0.25, 0.3) is 0 Å². The zero-order valence-corrected chi connectivity index (χ0v) is 13.2. The molecular weight excluding hydrogens is 316 g/mol. The fourth-order valence-electron chi connectivity index (χ4n) is 4.05. The van der Waals surface area contributed by atoms with Crippen LogP contribution in [-0.2, 0) is 16.1 Å². The highest BCUT2D eigenvalue weighted by Crippen LogP contribution is 2.32. The molecule has 0 bridgehead atoms. The maximum absolute atomic E-state index is 13.7. The molecule has 24 heavy (non-hydrogen) atoms. The molecule has 1 aromatic carbocycles. The molecule has 0 unspecified atom stereocenters. The highest BCUT2D eigenvalue weighted by molar-refractivity contribution is 5.98. The predicted octanol–water partition coefficient (Wildman–Crippen LogP) is 1.03. The van der Waals surface area contributed by atoms with Crippen LogP contribution in [0.4, 0.5) is 8.78 Å². The number of amides is 2. The Hall–Kier alpha value is -2.02. The number of fused-ring (bicyclic) bond motifs is 2. The van der Waals surface area contributed by atoms with E-state index in [1.54, 1.807) is 9.80 Å². The third-order valence-corrected chi connectivity index (χ3v) is 5.29. The van der Waals surface area contributed by atoms with Gasteiger partial charge >= 0.3 is 0 Å². The van der Waals surface area contributed by atoms with Gasteiger partial charge in [-0.2, -0.15) is 0 Å². The molecule has 2 amide bonds. The van der Waals surface area contributed by atoms with Gasteiger partial charge in [0.15, 0.2) is 0 Å². The van der Waals surface area contributed by atoms with Crippen LogP contribution in [0, 0.1) is 11.6 Å². The summed E-state index contributed by atoms with van der Waals surface area (Å²) in [6, 6.07) is 2.74. The van der Waals surface area contributed by atoms with Crippen molar-refractivity contribution in [1.29, 1.82) is 0 Å². The van der Waals surface area contributed by atoms with Gasteiger partial charge in [-0.1, -0.05) is 6.07 Å². The highest BCUT2D eigenvalue weighted by Gasteiger charge is 2.51. The normalized spacial score (nSPS) is 29.2. The minimum absolute atomic E-state index is 0.0364. The van der Waals surface area contributed by atoms with Crippen LogP contribution in [0.5, 0.6) is 0 Å². The van der Waals surface area contributed by atoms with Crippen LogP contribution < -0.4 is 5.32 Å². The minimum atomic E-state index is -0.606. The lowest BCUT2D eigenvalue weighted by Gasteiger charge is -2.38. The molecule has 1 aromatic rings. The Morgan fingerprint density at radius 1 is 1.12 bits per heavy atom. The first-order valence-corrected chi connectivity index (χ1v) is 8.33. The van der Waals surface area contributed by atoms with Gasteiger partial charge in [0.05, 0.1) is 0 Å². The van der Waals surface area contributed by atoms with Crippen LogP contribution >= 0.6 is 0 Å². The zero-order valence-electron chi connectivity index (χ0n) is 13.2. The van der Waals surface area contributed by atoms with Crippen LogP contribution in [0.15, 0.2) is 18.2 Å². The average molecular weight is 335 g/mol. The number of benzene rings is 1. The second kappa shape index (κ2) is 5.81. The van der Waals surface area contributed by atoms with Gasteiger partial charge in [-0.05, 0) is 25.3 Å².